The number of carbonyl (C=O) groups excluding carboxylic acids is 3. The van der Waals surface area contributed by atoms with Gasteiger partial charge in [0.2, 0.25) is 15.9 Å². The fraction of sp³-hybridized carbons (Fsp3) is 0.250. The first kappa shape index (κ1) is 23.0. The molecule has 0 heterocycles. The van der Waals surface area contributed by atoms with Crippen LogP contribution in [0.15, 0.2) is 53.4 Å². The van der Waals surface area contributed by atoms with E-state index >= 15 is 0 Å². The van der Waals surface area contributed by atoms with E-state index in [2.05, 4.69) is 10.6 Å². The molecule has 2 N–H and O–H groups in total. The number of ether oxygens (including phenoxy) is 1. The van der Waals surface area contributed by atoms with Gasteiger partial charge in [0.25, 0.3) is 5.91 Å². The minimum atomic E-state index is -3.71. The average molecular weight is 433 g/mol. The van der Waals surface area contributed by atoms with E-state index in [1.165, 1.54) is 52.2 Å². The monoisotopic (exact) mass is 433 g/mol. The van der Waals surface area contributed by atoms with E-state index in [1.807, 2.05) is 0 Å². The Hall–Kier alpha value is -3.24. The first-order valence-corrected chi connectivity index (χ1v) is 10.4. The van der Waals surface area contributed by atoms with Crippen LogP contribution in [0.4, 0.5) is 11.4 Å². The van der Waals surface area contributed by atoms with Gasteiger partial charge in [-0.25, -0.2) is 17.5 Å². The molecule has 0 radical (unpaired) electrons. The number of carbonyl (C=O) groups is 3. The predicted octanol–water partition coefficient (Wildman–Crippen LogP) is 2.08. The fourth-order valence-corrected chi connectivity index (χ4v) is 3.31. The van der Waals surface area contributed by atoms with Gasteiger partial charge in [0.1, 0.15) is 0 Å². The van der Waals surface area contributed by atoms with Crippen molar-refractivity contribution in [2.45, 2.75) is 24.8 Å². The number of hydrogen-bond acceptors (Lipinski definition) is 6. The second kappa shape index (κ2) is 9.51. The Bertz CT molecular complexity index is 1050. The molecule has 10 heteroatoms. The zero-order valence-corrected chi connectivity index (χ0v) is 17.8. The fourth-order valence-electron chi connectivity index (χ4n) is 2.36. The zero-order valence-electron chi connectivity index (χ0n) is 17.0. The van der Waals surface area contributed by atoms with E-state index in [-0.39, 0.29) is 16.4 Å². The van der Waals surface area contributed by atoms with E-state index in [1.54, 1.807) is 24.3 Å². The molecular weight excluding hydrogens is 410 g/mol. The van der Waals surface area contributed by atoms with Gasteiger partial charge in [0.05, 0.1) is 10.5 Å². The Morgan fingerprint density at radius 2 is 1.53 bits per heavy atom. The van der Waals surface area contributed by atoms with Gasteiger partial charge >= 0.3 is 5.97 Å². The number of anilines is 2. The quantitative estimate of drug-likeness (QED) is 0.645. The lowest BCUT2D eigenvalue weighted by Crippen LogP contribution is -2.30. The Morgan fingerprint density at radius 3 is 2.07 bits per heavy atom. The minimum Gasteiger partial charge on any atom is -0.449 e. The van der Waals surface area contributed by atoms with Crippen molar-refractivity contribution in [3.05, 3.63) is 54.1 Å². The van der Waals surface area contributed by atoms with E-state index in [0.717, 1.165) is 4.31 Å². The van der Waals surface area contributed by atoms with Gasteiger partial charge in [-0.2, -0.15) is 0 Å². The van der Waals surface area contributed by atoms with Gasteiger partial charge in [0.15, 0.2) is 6.10 Å². The zero-order chi connectivity index (χ0) is 22.5. The van der Waals surface area contributed by atoms with Gasteiger partial charge in [-0.15, -0.1) is 0 Å². The highest BCUT2D eigenvalue weighted by Crippen LogP contribution is 2.17. The third-order valence-corrected chi connectivity index (χ3v) is 5.79. The first-order chi connectivity index (χ1) is 14.0. The Labute approximate surface area is 175 Å². The maximum Gasteiger partial charge on any atom is 0.338 e. The van der Waals surface area contributed by atoms with Crippen LogP contribution in [0.2, 0.25) is 0 Å². The van der Waals surface area contributed by atoms with Crippen LogP contribution < -0.4 is 10.6 Å². The Balaban J connectivity index is 2.03. The van der Waals surface area contributed by atoms with Gasteiger partial charge in [-0.05, 0) is 49.4 Å². The largest absolute Gasteiger partial charge is 0.449 e. The van der Waals surface area contributed by atoms with Crippen molar-refractivity contribution >= 4 is 39.2 Å². The minimum absolute atomic E-state index is 0.0113. The van der Waals surface area contributed by atoms with Crippen molar-refractivity contribution in [1.82, 2.24) is 4.31 Å². The number of nitrogens with one attached hydrogen (secondary N) is 2. The number of hydrogen-bond donors (Lipinski definition) is 2. The number of nitrogens with zero attached hydrogens (tertiary/aromatic N) is 1. The predicted molar refractivity (Wildman–Crippen MR) is 112 cm³/mol. The number of amides is 2. The van der Waals surface area contributed by atoms with E-state index in [0.29, 0.717) is 11.4 Å². The summed E-state index contributed by atoms with van der Waals surface area (Å²) in [6.45, 7) is 2.79. The number of esters is 1. The molecule has 0 spiro atoms. The van der Waals surface area contributed by atoms with E-state index < -0.39 is 28.0 Å². The molecule has 1 atom stereocenters. The molecule has 2 rings (SSSR count). The second-order valence-corrected chi connectivity index (χ2v) is 8.76. The summed E-state index contributed by atoms with van der Waals surface area (Å²) in [5, 5.41) is 5.21. The lowest BCUT2D eigenvalue weighted by atomic mass is 10.2. The van der Waals surface area contributed by atoms with E-state index in [9.17, 15) is 22.8 Å². The lowest BCUT2D eigenvalue weighted by Gasteiger charge is -2.15. The summed E-state index contributed by atoms with van der Waals surface area (Å²) in [6.07, 6.45) is -1.12. The molecule has 0 unspecified atom stereocenters. The van der Waals surface area contributed by atoms with Gasteiger partial charge in [-0.1, -0.05) is 6.07 Å². The smallest absolute Gasteiger partial charge is 0.338 e. The molecule has 0 saturated heterocycles. The summed E-state index contributed by atoms with van der Waals surface area (Å²) < 4.78 is 30.6. The van der Waals surface area contributed by atoms with Gasteiger partial charge in [-0.3, -0.25) is 9.59 Å². The lowest BCUT2D eigenvalue weighted by molar-refractivity contribution is -0.123. The Kier molecular flexibility index (Phi) is 7.30. The SMILES string of the molecule is CC(=O)Nc1ccc(NC(=O)[C@@H](C)OC(=O)c2cccc(S(=O)(=O)N(C)C)c2)cc1. The molecule has 0 aliphatic heterocycles. The highest BCUT2D eigenvalue weighted by atomic mass is 32.2. The maximum absolute atomic E-state index is 12.4. The summed E-state index contributed by atoms with van der Waals surface area (Å²) in [7, 11) is -0.941. The highest BCUT2D eigenvalue weighted by Gasteiger charge is 2.22. The molecule has 160 valence electrons. The van der Waals surface area contributed by atoms with Crippen molar-refractivity contribution in [1.29, 1.82) is 0 Å². The van der Waals surface area contributed by atoms with Crippen LogP contribution in [0.25, 0.3) is 0 Å². The molecule has 2 amide bonds. The average Bonchev–Trinajstić information content (AvgIpc) is 2.68. The van der Waals surface area contributed by atoms with Crippen molar-refractivity contribution in [2.24, 2.45) is 0 Å². The van der Waals surface area contributed by atoms with Crippen LogP contribution in [0.1, 0.15) is 24.2 Å². The van der Waals surface area contributed by atoms with Crippen LogP contribution in [-0.4, -0.2) is 50.7 Å². The van der Waals surface area contributed by atoms with Crippen molar-refractivity contribution in [3.8, 4) is 0 Å². The molecule has 30 heavy (non-hydrogen) atoms. The van der Waals surface area contributed by atoms with Crippen LogP contribution in [0.3, 0.4) is 0 Å². The third kappa shape index (κ3) is 5.88. The third-order valence-electron chi connectivity index (χ3n) is 3.97. The summed E-state index contributed by atoms with van der Waals surface area (Å²) in [5.74, 6) is -1.60. The molecule has 0 aliphatic carbocycles. The van der Waals surface area contributed by atoms with Crippen LogP contribution in [-0.2, 0) is 24.3 Å². The molecule has 0 aromatic heterocycles. The molecule has 0 aliphatic rings. The van der Waals surface area contributed by atoms with Gasteiger partial charge in [0, 0.05) is 32.4 Å². The normalized spacial score (nSPS) is 12.2. The van der Waals surface area contributed by atoms with Crippen LogP contribution >= 0.6 is 0 Å². The molecule has 9 nitrogen and oxygen atoms in total. The maximum atomic E-state index is 12.4. The van der Waals surface area contributed by atoms with Crippen molar-refractivity contribution < 1.29 is 27.5 Å². The van der Waals surface area contributed by atoms with Gasteiger partial charge < -0.3 is 15.4 Å². The number of sulfonamides is 1. The Morgan fingerprint density at radius 1 is 0.967 bits per heavy atom. The summed E-state index contributed by atoms with van der Waals surface area (Å²) >= 11 is 0. The molecule has 2 aromatic rings. The summed E-state index contributed by atoms with van der Waals surface area (Å²) in [5.41, 5.74) is 1.04. The van der Waals surface area contributed by atoms with Crippen molar-refractivity contribution in [2.75, 3.05) is 24.7 Å². The topological polar surface area (TPSA) is 122 Å². The van der Waals surface area contributed by atoms with E-state index in [4.69, 9.17) is 4.74 Å². The highest BCUT2D eigenvalue weighted by molar-refractivity contribution is 7.89. The number of benzene rings is 2. The molecule has 2 aromatic carbocycles. The first-order valence-electron chi connectivity index (χ1n) is 8.93. The van der Waals surface area contributed by atoms with Crippen LogP contribution in [0, 0.1) is 0 Å². The molecule has 0 saturated carbocycles. The summed E-state index contributed by atoms with van der Waals surface area (Å²) in [6, 6.07) is 11.8. The molecule has 0 bridgehead atoms. The standard InChI is InChI=1S/C20H23N3O6S/c1-13(19(25)22-17-10-8-16(9-11-17)21-14(2)24)29-20(26)15-6-5-7-18(12-15)30(27,28)23(3)4/h5-13H,1-4H3,(H,21,24)(H,22,25)/t13-/m1/s1. The van der Waals surface area contributed by atoms with Crippen LogP contribution in [0.5, 0.6) is 0 Å². The second-order valence-electron chi connectivity index (χ2n) is 6.61. The molecule has 0 fully saturated rings. The van der Waals surface area contributed by atoms with Crippen molar-refractivity contribution in [3.63, 3.8) is 0 Å². The summed E-state index contributed by atoms with van der Waals surface area (Å²) in [4.78, 5) is 35.6. The number of rotatable bonds is 7. The molecular formula is C20H23N3O6S.